The van der Waals surface area contributed by atoms with Gasteiger partial charge in [0.05, 0.1) is 18.0 Å². The van der Waals surface area contributed by atoms with Crippen LogP contribution >= 0.6 is 0 Å². The second-order valence-electron chi connectivity index (χ2n) is 8.14. The molecule has 0 amide bonds. The van der Waals surface area contributed by atoms with Crippen LogP contribution < -0.4 is 14.5 Å². The van der Waals surface area contributed by atoms with Crippen LogP contribution in [0.3, 0.4) is 0 Å². The average Bonchev–Trinajstić information content (AvgIpc) is 3.25. The number of nitrogens with zero attached hydrogens (tertiary/aromatic N) is 6. The van der Waals surface area contributed by atoms with Gasteiger partial charge in [-0.1, -0.05) is 62.0 Å². The summed E-state index contributed by atoms with van der Waals surface area (Å²) in [6, 6.07) is 26.8. The van der Waals surface area contributed by atoms with Crippen LogP contribution in [0, 0.1) is 0 Å². The monoisotopic (exact) mass is 437 g/mol. The van der Waals surface area contributed by atoms with Gasteiger partial charge in [-0.05, 0) is 47.5 Å². The summed E-state index contributed by atoms with van der Waals surface area (Å²) < 4.78 is 3.70. The van der Waals surface area contributed by atoms with Crippen molar-refractivity contribution in [2.24, 2.45) is 10.2 Å². The van der Waals surface area contributed by atoms with Crippen LogP contribution in [0.5, 0.6) is 0 Å². The standard InChI is InChI=1S/C27H29N6/c1-30(2)25-14-10-22(11-15-25)20-28-32-18-19-33(27(32)24-8-6-5-7-9-24)29-21-23-12-16-26(17-13-23)31(3)4/h5-21H,1-4H3/q+1/b28-20-,29-21-. The number of rotatable bonds is 7. The molecule has 0 unspecified atom stereocenters. The van der Waals surface area contributed by atoms with E-state index in [0.717, 1.165) is 33.9 Å². The van der Waals surface area contributed by atoms with Crippen LogP contribution in [-0.4, -0.2) is 45.3 Å². The Morgan fingerprint density at radius 3 is 1.79 bits per heavy atom. The van der Waals surface area contributed by atoms with Gasteiger partial charge in [0.15, 0.2) is 12.4 Å². The van der Waals surface area contributed by atoms with Gasteiger partial charge in [0, 0.05) is 39.6 Å². The van der Waals surface area contributed by atoms with E-state index in [4.69, 9.17) is 10.2 Å². The minimum absolute atomic E-state index is 0.873. The maximum atomic E-state index is 4.71. The molecule has 1 aromatic heterocycles. The van der Waals surface area contributed by atoms with Gasteiger partial charge in [0.1, 0.15) is 0 Å². The first kappa shape index (κ1) is 22.0. The van der Waals surface area contributed by atoms with Crippen molar-refractivity contribution in [3.05, 3.63) is 102 Å². The summed E-state index contributed by atoms with van der Waals surface area (Å²) in [7, 11) is 8.13. The summed E-state index contributed by atoms with van der Waals surface area (Å²) >= 11 is 0. The molecule has 4 aromatic rings. The van der Waals surface area contributed by atoms with Crippen molar-refractivity contribution in [3.8, 4) is 11.4 Å². The third kappa shape index (κ3) is 5.36. The maximum absolute atomic E-state index is 4.71. The van der Waals surface area contributed by atoms with E-state index in [1.165, 1.54) is 0 Å². The van der Waals surface area contributed by atoms with E-state index in [0.29, 0.717) is 0 Å². The quantitative estimate of drug-likeness (QED) is 0.319. The van der Waals surface area contributed by atoms with Crippen LogP contribution in [0.2, 0.25) is 0 Å². The lowest BCUT2D eigenvalue weighted by atomic mass is 10.2. The smallest absolute Gasteiger partial charge is 0.339 e. The molecule has 0 spiro atoms. The molecule has 0 saturated heterocycles. The molecule has 0 fully saturated rings. The second kappa shape index (κ2) is 9.96. The van der Waals surface area contributed by atoms with E-state index in [-0.39, 0.29) is 0 Å². The van der Waals surface area contributed by atoms with Gasteiger partial charge in [-0.3, -0.25) is 0 Å². The Labute approximate surface area is 195 Å². The highest BCUT2D eigenvalue weighted by atomic mass is 15.5. The predicted molar refractivity (Wildman–Crippen MR) is 138 cm³/mol. The number of aromatic nitrogens is 2. The predicted octanol–water partition coefficient (Wildman–Crippen LogP) is 4.34. The Bertz CT molecular complexity index is 1160. The van der Waals surface area contributed by atoms with Crippen molar-refractivity contribution in [2.75, 3.05) is 38.0 Å². The fourth-order valence-electron chi connectivity index (χ4n) is 3.39. The molecule has 0 aliphatic carbocycles. The molecule has 0 bridgehead atoms. The fourth-order valence-corrected chi connectivity index (χ4v) is 3.39. The van der Waals surface area contributed by atoms with Crippen LogP contribution in [0.1, 0.15) is 11.1 Å². The van der Waals surface area contributed by atoms with Crippen molar-refractivity contribution in [3.63, 3.8) is 0 Å². The molecule has 0 radical (unpaired) electrons. The molecule has 6 nitrogen and oxygen atoms in total. The molecular weight excluding hydrogens is 408 g/mol. The molecule has 0 N–H and O–H groups in total. The summed E-state index contributed by atoms with van der Waals surface area (Å²) in [5.74, 6) is 0.873. The number of hydrogen-bond acceptors (Lipinski definition) is 4. The van der Waals surface area contributed by atoms with Crippen molar-refractivity contribution < 1.29 is 4.68 Å². The van der Waals surface area contributed by atoms with Gasteiger partial charge in [0.2, 0.25) is 0 Å². The molecule has 3 aromatic carbocycles. The lowest BCUT2D eigenvalue weighted by Gasteiger charge is -2.11. The zero-order chi connectivity index (χ0) is 23.2. The molecular formula is C27H29N6+. The van der Waals surface area contributed by atoms with Crippen LogP contribution in [0.15, 0.2) is 101 Å². The molecule has 0 aliphatic rings. The van der Waals surface area contributed by atoms with Gasteiger partial charge in [-0.15, -0.1) is 0 Å². The first-order valence-corrected chi connectivity index (χ1v) is 10.8. The SMILES string of the molecule is CN(C)c1ccc(/C=N\n2cc[n+](/N=C\c3ccc(N(C)C)cc3)c2-c2ccccc2)cc1. The normalized spacial score (nSPS) is 11.4. The van der Waals surface area contributed by atoms with E-state index in [9.17, 15) is 0 Å². The summed E-state index contributed by atoms with van der Waals surface area (Å²) in [5, 5.41) is 9.42. The number of hydrogen-bond donors (Lipinski definition) is 0. The molecule has 0 aliphatic heterocycles. The first-order chi connectivity index (χ1) is 16.0. The van der Waals surface area contributed by atoms with E-state index in [1.807, 2.05) is 80.6 Å². The molecule has 33 heavy (non-hydrogen) atoms. The van der Waals surface area contributed by atoms with Crippen LogP contribution in [0.4, 0.5) is 11.4 Å². The molecule has 4 rings (SSSR count). The summed E-state index contributed by atoms with van der Waals surface area (Å²) in [6.45, 7) is 0. The third-order valence-corrected chi connectivity index (χ3v) is 5.30. The summed E-state index contributed by atoms with van der Waals surface area (Å²) in [6.07, 6.45) is 7.55. The fraction of sp³-hybridized carbons (Fsp3) is 0.148. The Morgan fingerprint density at radius 2 is 1.24 bits per heavy atom. The van der Waals surface area contributed by atoms with Crippen LogP contribution in [-0.2, 0) is 0 Å². The Hall–Kier alpha value is -4.19. The highest BCUT2D eigenvalue weighted by molar-refractivity contribution is 5.81. The number of imidazole rings is 1. The zero-order valence-corrected chi connectivity index (χ0v) is 19.5. The van der Waals surface area contributed by atoms with E-state index < -0.39 is 0 Å². The highest BCUT2D eigenvalue weighted by Crippen LogP contribution is 2.16. The van der Waals surface area contributed by atoms with Gasteiger partial charge in [-0.2, -0.15) is 0 Å². The summed E-state index contributed by atoms with van der Waals surface area (Å²) in [4.78, 5) is 4.16. The van der Waals surface area contributed by atoms with Gasteiger partial charge in [0.25, 0.3) is 0 Å². The van der Waals surface area contributed by atoms with E-state index in [1.54, 1.807) is 0 Å². The molecule has 0 atom stereocenters. The van der Waals surface area contributed by atoms with E-state index in [2.05, 4.69) is 70.5 Å². The van der Waals surface area contributed by atoms with Gasteiger partial charge < -0.3 is 9.80 Å². The number of benzene rings is 3. The molecule has 6 heteroatoms. The van der Waals surface area contributed by atoms with Crippen molar-refractivity contribution in [1.82, 2.24) is 4.68 Å². The minimum atomic E-state index is 0.873. The van der Waals surface area contributed by atoms with E-state index >= 15 is 0 Å². The highest BCUT2D eigenvalue weighted by Gasteiger charge is 2.19. The average molecular weight is 438 g/mol. The minimum Gasteiger partial charge on any atom is -0.378 e. The molecule has 1 heterocycles. The van der Waals surface area contributed by atoms with Crippen molar-refractivity contribution in [2.45, 2.75) is 0 Å². The lowest BCUT2D eigenvalue weighted by Crippen LogP contribution is -2.28. The second-order valence-corrected chi connectivity index (χ2v) is 8.14. The van der Waals surface area contributed by atoms with Gasteiger partial charge in [-0.25, -0.2) is 0 Å². The van der Waals surface area contributed by atoms with Crippen molar-refractivity contribution >= 4 is 23.8 Å². The largest absolute Gasteiger partial charge is 0.378 e. The van der Waals surface area contributed by atoms with Crippen molar-refractivity contribution in [1.29, 1.82) is 0 Å². The maximum Gasteiger partial charge on any atom is 0.339 e. The third-order valence-electron chi connectivity index (χ3n) is 5.30. The zero-order valence-electron chi connectivity index (χ0n) is 19.5. The Balaban J connectivity index is 1.64. The topological polar surface area (TPSA) is 40.0 Å². The first-order valence-electron chi connectivity index (χ1n) is 10.8. The molecule has 166 valence electrons. The Morgan fingerprint density at radius 1 is 0.697 bits per heavy atom. The van der Waals surface area contributed by atoms with Gasteiger partial charge >= 0.3 is 5.82 Å². The van der Waals surface area contributed by atoms with Crippen LogP contribution in [0.25, 0.3) is 11.4 Å². The number of anilines is 2. The molecule has 0 saturated carbocycles. The summed E-state index contributed by atoms with van der Waals surface area (Å²) in [5.41, 5.74) is 5.41. The Kier molecular flexibility index (Phi) is 6.64. The lowest BCUT2D eigenvalue weighted by molar-refractivity contribution is -0.666.